The molecule has 0 N–H and O–H groups in total. The summed E-state index contributed by atoms with van der Waals surface area (Å²) in [7, 11) is 2.04. The Labute approximate surface area is 214 Å². The van der Waals surface area contributed by atoms with Crippen molar-refractivity contribution in [2.75, 3.05) is 0 Å². The standard InChI is InChI=1S/C34H31N2/c1-21-13-15-23-16-18-29-32(26-11-8-10-25-24-9-6-7-12-27(24)36(29)33(25)26)31(23)30(21)28-17-14-22(20-35(28)5)19-34(2,3)4/h6-18,20H,19H2,1-5H3/q+1/i19D2. The van der Waals surface area contributed by atoms with Crippen molar-refractivity contribution in [2.24, 2.45) is 12.5 Å². The van der Waals surface area contributed by atoms with Crippen LogP contribution in [0.1, 0.15) is 34.6 Å². The number of para-hydroxylation sites is 2. The van der Waals surface area contributed by atoms with Crippen molar-refractivity contribution in [3.63, 3.8) is 0 Å². The molecule has 2 heteroatoms. The first-order valence-corrected chi connectivity index (χ1v) is 12.7. The fourth-order valence-corrected chi connectivity index (χ4v) is 6.15. The van der Waals surface area contributed by atoms with Gasteiger partial charge in [0.15, 0.2) is 6.20 Å². The molecule has 7 rings (SSSR count). The third-order valence-electron chi connectivity index (χ3n) is 7.49. The molecule has 0 unspecified atom stereocenters. The van der Waals surface area contributed by atoms with E-state index in [1.54, 1.807) is 0 Å². The number of rotatable bonds is 2. The summed E-state index contributed by atoms with van der Waals surface area (Å²) in [6.07, 6.45) is 0.526. The smallest absolute Gasteiger partial charge is 0.213 e. The molecule has 36 heavy (non-hydrogen) atoms. The van der Waals surface area contributed by atoms with Gasteiger partial charge in [-0.2, -0.15) is 0 Å². The number of pyridine rings is 1. The molecule has 0 amide bonds. The second kappa shape index (κ2) is 7.30. The fourth-order valence-electron chi connectivity index (χ4n) is 6.15. The summed E-state index contributed by atoms with van der Waals surface area (Å²) in [5.41, 5.74) is 7.43. The third kappa shape index (κ3) is 2.94. The highest BCUT2D eigenvalue weighted by Crippen LogP contribution is 2.44. The molecule has 0 spiro atoms. The molecule has 0 aliphatic carbocycles. The maximum atomic E-state index is 8.80. The Morgan fingerprint density at radius 1 is 0.778 bits per heavy atom. The van der Waals surface area contributed by atoms with E-state index < -0.39 is 11.8 Å². The molecule has 176 valence electrons. The molecule has 3 aromatic heterocycles. The number of hydrogen-bond donors (Lipinski definition) is 0. The summed E-state index contributed by atoms with van der Waals surface area (Å²) >= 11 is 0. The number of nitrogens with zero attached hydrogens (tertiary/aromatic N) is 2. The zero-order valence-electron chi connectivity index (χ0n) is 23.5. The molecule has 0 radical (unpaired) electrons. The molecule has 0 aliphatic heterocycles. The van der Waals surface area contributed by atoms with Gasteiger partial charge in [-0.15, -0.1) is 0 Å². The van der Waals surface area contributed by atoms with Crippen LogP contribution in [0.5, 0.6) is 0 Å². The van der Waals surface area contributed by atoms with E-state index in [1.807, 2.05) is 40.1 Å². The summed E-state index contributed by atoms with van der Waals surface area (Å²) in [6.45, 7) is 8.05. The Kier molecular flexibility index (Phi) is 3.91. The Bertz CT molecular complexity index is 2060. The zero-order valence-corrected chi connectivity index (χ0v) is 21.5. The Balaban J connectivity index is 1.61. The van der Waals surface area contributed by atoms with Gasteiger partial charge in [-0.3, -0.25) is 0 Å². The molecule has 2 nitrogen and oxygen atoms in total. The maximum absolute atomic E-state index is 8.80. The second-order valence-corrected chi connectivity index (χ2v) is 11.2. The fraction of sp³-hybridized carbons (Fsp3) is 0.206. The van der Waals surface area contributed by atoms with Crippen molar-refractivity contribution in [1.82, 2.24) is 4.40 Å². The van der Waals surface area contributed by atoms with Gasteiger partial charge in [-0.05, 0) is 47.9 Å². The van der Waals surface area contributed by atoms with Gasteiger partial charge in [-0.25, -0.2) is 4.57 Å². The van der Waals surface area contributed by atoms with E-state index in [4.69, 9.17) is 2.74 Å². The molecule has 0 bridgehead atoms. The van der Waals surface area contributed by atoms with E-state index in [0.29, 0.717) is 5.56 Å². The molecule has 7 aromatic rings. The van der Waals surface area contributed by atoms with Gasteiger partial charge in [0.2, 0.25) is 5.69 Å². The molecular weight excluding hydrogens is 436 g/mol. The lowest BCUT2D eigenvalue weighted by Crippen LogP contribution is -2.32. The van der Waals surface area contributed by atoms with E-state index >= 15 is 0 Å². The van der Waals surface area contributed by atoms with Gasteiger partial charge in [-0.1, -0.05) is 75.4 Å². The molecule has 4 aromatic carbocycles. The van der Waals surface area contributed by atoms with Crippen molar-refractivity contribution in [1.29, 1.82) is 0 Å². The predicted octanol–water partition coefficient (Wildman–Crippen LogP) is 8.38. The van der Waals surface area contributed by atoms with E-state index in [9.17, 15) is 0 Å². The van der Waals surface area contributed by atoms with Crippen molar-refractivity contribution >= 4 is 48.9 Å². The monoisotopic (exact) mass is 469 g/mol. The molecule has 0 aliphatic rings. The van der Waals surface area contributed by atoms with Crippen molar-refractivity contribution in [3.8, 4) is 11.3 Å². The highest BCUT2D eigenvalue weighted by atomic mass is 14.9. The van der Waals surface area contributed by atoms with E-state index in [-0.39, 0.29) is 0 Å². The molecule has 0 atom stereocenters. The average molecular weight is 470 g/mol. The predicted molar refractivity (Wildman–Crippen MR) is 153 cm³/mol. The number of aromatic nitrogens is 2. The van der Waals surface area contributed by atoms with Gasteiger partial charge >= 0.3 is 0 Å². The normalized spacial score (nSPS) is 13.9. The van der Waals surface area contributed by atoms with E-state index in [0.717, 1.165) is 5.69 Å². The highest BCUT2D eigenvalue weighted by Gasteiger charge is 2.24. The van der Waals surface area contributed by atoms with Crippen LogP contribution < -0.4 is 4.57 Å². The number of aryl methyl sites for hydroxylation is 2. The van der Waals surface area contributed by atoms with Crippen molar-refractivity contribution in [2.45, 2.75) is 34.1 Å². The lowest BCUT2D eigenvalue weighted by Gasteiger charge is -2.17. The van der Waals surface area contributed by atoms with Crippen LogP contribution in [-0.2, 0) is 13.4 Å². The third-order valence-corrected chi connectivity index (χ3v) is 7.49. The van der Waals surface area contributed by atoms with E-state index in [1.165, 1.54) is 60.0 Å². The summed E-state index contributed by atoms with van der Waals surface area (Å²) < 4.78 is 22.1. The van der Waals surface area contributed by atoms with Crippen LogP contribution in [0.2, 0.25) is 0 Å². The first-order chi connectivity index (χ1) is 18.1. The average Bonchev–Trinajstić information content (AvgIpc) is 3.40. The minimum atomic E-state index is -1.45. The first kappa shape index (κ1) is 19.3. The lowest BCUT2D eigenvalue weighted by atomic mass is 9.88. The van der Waals surface area contributed by atoms with Crippen LogP contribution in [-0.4, -0.2) is 4.40 Å². The van der Waals surface area contributed by atoms with Gasteiger partial charge in [0.25, 0.3) is 0 Å². The molecule has 0 saturated carbocycles. The summed E-state index contributed by atoms with van der Waals surface area (Å²) in [5.74, 6) is 0. The van der Waals surface area contributed by atoms with E-state index in [2.05, 4.69) is 88.7 Å². The number of benzene rings is 4. The van der Waals surface area contributed by atoms with Crippen LogP contribution in [0, 0.1) is 12.3 Å². The molecule has 0 fully saturated rings. The molecular formula is C34H31N2+. The summed E-state index contributed by atoms with van der Waals surface area (Å²) in [4.78, 5) is 0. The van der Waals surface area contributed by atoms with Crippen LogP contribution in [0.4, 0.5) is 0 Å². The number of hydrogen-bond acceptors (Lipinski definition) is 0. The van der Waals surface area contributed by atoms with Crippen LogP contribution in [0.15, 0.2) is 85.1 Å². The lowest BCUT2D eigenvalue weighted by molar-refractivity contribution is -0.660. The Hall–Kier alpha value is -3.91. The van der Waals surface area contributed by atoms with Crippen molar-refractivity contribution < 1.29 is 7.31 Å². The topological polar surface area (TPSA) is 8.29 Å². The minimum absolute atomic E-state index is 0.507. The van der Waals surface area contributed by atoms with Gasteiger partial charge < -0.3 is 4.40 Å². The Morgan fingerprint density at radius 3 is 2.33 bits per heavy atom. The minimum Gasteiger partial charge on any atom is -0.308 e. The second-order valence-electron chi connectivity index (χ2n) is 11.2. The zero-order chi connectivity index (χ0) is 26.6. The van der Waals surface area contributed by atoms with Gasteiger partial charge in [0, 0.05) is 41.3 Å². The van der Waals surface area contributed by atoms with Crippen LogP contribution in [0.3, 0.4) is 0 Å². The van der Waals surface area contributed by atoms with Crippen molar-refractivity contribution in [3.05, 3.63) is 96.2 Å². The SMILES string of the molecule is [2H]C([2H])(c1ccc(-c2c(C)ccc3ccc4c(c5cccc6c7ccccc7n4c65)c23)[n+](C)c1)C(C)(C)C. The highest BCUT2D eigenvalue weighted by molar-refractivity contribution is 6.30. The summed E-state index contributed by atoms with van der Waals surface area (Å²) in [6, 6.07) is 28.4. The summed E-state index contributed by atoms with van der Waals surface area (Å²) in [5, 5.41) is 7.59. The Morgan fingerprint density at radius 2 is 1.53 bits per heavy atom. The largest absolute Gasteiger partial charge is 0.308 e. The maximum Gasteiger partial charge on any atom is 0.213 e. The van der Waals surface area contributed by atoms with Crippen LogP contribution >= 0.6 is 0 Å². The molecule has 3 heterocycles. The van der Waals surface area contributed by atoms with Gasteiger partial charge in [0.1, 0.15) is 7.05 Å². The number of fused-ring (bicyclic) bond motifs is 8. The quantitative estimate of drug-likeness (QED) is 0.225. The first-order valence-electron chi connectivity index (χ1n) is 13.7. The van der Waals surface area contributed by atoms with Crippen LogP contribution in [0.25, 0.3) is 60.1 Å². The van der Waals surface area contributed by atoms with Gasteiger partial charge in [0.05, 0.1) is 22.1 Å². The molecule has 0 saturated heterocycles.